The van der Waals surface area contributed by atoms with Gasteiger partial charge in [0.15, 0.2) is 0 Å². The minimum absolute atomic E-state index is 0.0630. The number of amides is 2. The molecule has 20 heavy (non-hydrogen) atoms. The number of anilines is 1. The molecule has 0 radical (unpaired) electrons. The Balaban J connectivity index is 1.90. The van der Waals surface area contributed by atoms with E-state index in [1.807, 2.05) is 0 Å². The predicted molar refractivity (Wildman–Crippen MR) is 72.5 cm³/mol. The van der Waals surface area contributed by atoms with E-state index in [0.29, 0.717) is 18.0 Å². The van der Waals surface area contributed by atoms with Crippen molar-refractivity contribution < 1.29 is 19.1 Å². The molecule has 3 N–H and O–H groups in total. The van der Waals surface area contributed by atoms with Gasteiger partial charge >= 0.3 is 6.09 Å². The number of methoxy groups -OCH3 is 1. The van der Waals surface area contributed by atoms with Crippen molar-refractivity contribution in [1.82, 2.24) is 4.90 Å². The van der Waals surface area contributed by atoms with Crippen LogP contribution in [0.1, 0.15) is 0 Å². The number of ether oxygens (including phenoxy) is 2. The fraction of sp³-hybridized carbons (Fsp3) is 0.385. The summed E-state index contributed by atoms with van der Waals surface area (Å²) in [4.78, 5) is 24.7. The molecule has 0 saturated carbocycles. The summed E-state index contributed by atoms with van der Waals surface area (Å²) in [6.07, 6.45) is -0.853. The summed E-state index contributed by atoms with van der Waals surface area (Å²) in [6.45, 7) is 0.521. The maximum atomic E-state index is 11.9. The molecule has 1 unspecified atom stereocenters. The van der Waals surface area contributed by atoms with E-state index in [-0.39, 0.29) is 25.1 Å². The molecular weight excluding hydrogens is 262 g/mol. The highest BCUT2D eigenvalue weighted by Crippen LogP contribution is 2.17. The first-order valence-electron chi connectivity index (χ1n) is 6.22. The number of nitrogens with two attached hydrogens (primary N) is 1. The molecule has 0 aliphatic carbocycles. The second kappa shape index (κ2) is 6.25. The predicted octanol–water partition coefficient (Wildman–Crippen LogP) is 0.413. The Morgan fingerprint density at radius 1 is 1.60 bits per heavy atom. The molecule has 0 bridgehead atoms. The second-order valence-electron chi connectivity index (χ2n) is 4.40. The van der Waals surface area contributed by atoms with E-state index in [2.05, 4.69) is 5.32 Å². The van der Waals surface area contributed by atoms with Crippen LogP contribution in [0.5, 0.6) is 5.75 Å². The maximum Gasteiger partial charge on any atom is 0.410 e. The summed E-state index contributed by atoms with van der Waals surface area (Å²) in [5, 5.41) is 2.70. The molecular formula is C13H17N3O4. The SMILES string of the molecule is COc1cccc(NC(=O)CN2CC(CN)OC2=O)c1. The van der Waals surface area contributed by atoms with Gasteiger partial charge in [-0.25, -0.2) is 4.79 Å². The van der Waals surface area contributed by atoms with Crippen LogP contribution in [-0.4, -0.2) is 49.7 Å². The molecule has 1 aromatic carbocycles. The first kappa shape index (κ1) is 14.1. The molecule has 1 fully saturated rings. The monoisotopic (exact) mass is 279 g/mol. The number of hydrogen-bond donors (Lipinski definition) is 2. The van der Waals surface area contributed by atoms with Crippen LogP contribution in [0.4, 0.5) is 10.5 Å². The first-order valence-corrected chi connectivity index (χ1v) is 6.22. The highest BCUT2D eigenvalue weighted by atomic mass is 16.6. The lowest BCUT2D eigenvalue weighted by atomic mass is 10.3. The summed E-state index contributed by atoms with van der Waals surface area (Å²) < 4.78 is 10.0. The van der Waals surface area contributed by atoms with Gasteiger partial charge in [-0.2, -0.15) is 0 Å². The van der Waals surface area contributed by atoms with Gasteiger partial charge < -0.3 is 20.5 Å². The average Bonchev–Trinajstić information content (AvgIpc) is 2.79. The van der Waals surface area contributed by atoms with Crippen molar-refractivity contribution in [1.29, 1.82) is 0 Å². The van der Waals surface area contributed by atoms with Crippen LogP contribution in [-0.2, 0) is 9.53 Å². The van der Waals surface area contributed by atoms with Gasteiger partial charge in [0, 0.05) is 18.3 Å². The molecule has 1 aromatic rings. The Hall–Kier alpha value is -2.28. The van der Waals surface area contributed by atoms with Gasteiger partial charge in [-0.05, 0) is 12.1 Å². The summed E-state index contributed by atoms with van der Waals surface area (Å²) in [7, 11) is 1.55. The largest absolute Gasteiger partial charge is 0.497 e. The number of benzene rings is 1. The minimum Gasteiger partial charge on any atom is -0.497 e. The van der Waals surface area contributed by atoms with E-state index in [1.165, 1.54) is 4.90 Å². The molecule has 1 atom stereocenters. The number of nitrogens with zero attached hydrogens (tertiary/aromatic N) is 1. The second-order valence-corrected chi connectivity index (χ2v) is 4.40. The van der Waals surface area contributed by atoms with Crippen molar-refractivity contribution in [2.24, 2.45) is 5.73 Å². The number of hydrogen-bond acceptors (Lipinski definition) is 5. The third kappa shape index (κ3) is 3.39. The number of carbonyl (C=O) groups is 2. The molecule has 7 heteroatoms. The normalized spacial score (nSPS) is 17.8. The summed E-state index contributed by atoms with van der Waals surface area (Å²) in [5.74, 6) is 0.347. The van der Waals surface area contributed by atoms with Crippen molar-refractivity contribution in [2.45, 2.75) is 6.10 Å². The Morgan fingerprint density at radius 3 is 3.05 bits per heavy atom. The Bertz CT molecular complexity index is 506. The van der Waals surface area contributed by atoms with Gasteiger partial charge in [0.2, 0.25) is 5.91 Å². The van der Waals surface area contributed by atoms with Crippen LogP contribution in [0.25, 0.3) is 0 Å². The van der Waals surface area contributed by atoms with Crippen molar-refractivity contribution >= 4 is 17.7 Å². The van der Waals surface area contributed by atoms with Crippen molar-refractivity contribution in [3.05, 3.63) is 24.3 Å². The molecule has 108 valence electrons. The fourth-order valence-electron chi connectivity index (χ4n) is 1.90. The maximum absolute atomic E-state index is 11.9. The molecule has 7 nitrogen and oxygen atoms in total. The number of rotatable bonds is 5. The molecule has 1 heterocycles. The van der Waals surface area contributed by atoms with Crippen molar-refractivity contribution in [3.8, 4) is 5.75 Å². The third-order valence-electron chi connectivity index (χ3n) is 2.90. The van der Waals surface area contributed by atoms with E-state index >= 15 is 0 Å². The zero-order valence-electron chi connectivity index (χ0n) is 11.2. The third-order valence-corrected chi connectivity index (χ3v) is 2.90. The summed E-state index contributed by atoms with van der Waals surface area (Å²) >= 11 is 0. The molecule has 1 saturated heterocycles. The lowest BCUT2D eigenvalue weighted by molar-refractivity contribution is -0.116. The first-order chi connectivity index (χ1) is 9.62. The quantitative estimate of drug-likeness (QED) is 0.814. The van der Waals surface area contributed by atoms with E-state index < -0.39 is 6.09 Å². The number of cyclic esters (lactones) is 1. The number of nitrogens with one attached hydrogen (secondary N) is 1. The zero-order valence-corrected chi connectivity index (χ0v) is 11.2. The Labute approximate surface area is 116 Å². The van der Waals surface area contributed by atoms with E-state index in [1.54, 1.807) is 31.4 Å². The van der Waals surface area contributed by atoms with Crippen molar-refractivity contribution in [2.75, 3.05) is 32.1 Å². The van der Waals surface area contributed by atoms with Crippen LogP contribution in [0, 0.1) is 0 Å². The van der Waals surface area contributed by atoms with E-state index in [0.717, 1.165) is 0 Å². The molecule has 2 rings (SSSR count). The van der Waals surface area contributed by atoms with Gasteiger partial charge in [-0.1, -0.05) is 6.07 Å². The molecule has 0 spiro atoms. The summed E-state index contributed by atoms with van der Waals surface area (Å²) in [5.41, 5.74) is 6.03. The molecule has 1 aliphatic heterocycles. The standard InChI is InChI=1S/C13H17N3O4/c1-19-10-4-2-3-9(5-10)15-12(17)8-16-7-11(6-14)20-13(16)18/h2-5,11H,6-8,14H2,1H3,(H,15,17). The highest BCUT2D eigenvalue weighted by Gasteiger charge is 2.31. The van der Waals surface area contributed by atoms with Gasteiger partial charge in [0.05, 0.1) is 13.7 Å². The Morgan fingerprint density at radius 2 is 2.40 bits per heavy atom. The molecule has 0 aromatic heterocycles. The van der Waals surface area contributed by atoms with Crippen molar-refractivity contribution in [3.63, 3.8) is 0 Å². The van der Waals surface area contributed by atoms with Crippen LogP contribution in [0.15, 0.2) is 24.3 Å². The summed E-state index contributed by atoms with van der Waals surface area (Å²) in [6, 6.07) is 6.98. The zero-order chi connectivity index (χ0) is 14.5. The van der Waals surface area contributed by atoms with Gasteiger partial charge in [0.1, 0.15) is 18.4 Å². The highest BCUT2D eigenvalue weighted by molar-refractivity contribution is 5.94. The molecule has 2 amide bonds. The lowest BCUT2D eigenvalue weighted by Crippen LogP contribution is -2.35. The van der Waals surface area contributed by atoms with Crippen LogP contribution in [0.3, 0.4) is 0 Å². The smallest absolute Gasteiger partial charge is 0.410 e. The molecule has 1 aliphatic rings. The number of carbonyl (C=O) groups excluding carboxylic acids is 2. The van der Waals surface area contributed by atoms with Crippen LogP contribution < -0.4 is 15.8 Å². The van der Waals surface area contributed by atoms with E-state index in [4.69, 9.17) is 15.2 Å². The van der Waals surface area contributed by atoms with Crippen LogP contribution >= 0.6 is 0 Å². The minimum atomic E-state index is -0.513. The van der Waals surface area contributed by atoms with Crippen LogP contribution in [0.2, 0.25) is 0 Å². The van der Waals surface area contributed by atoms with Gasteiger partial charge in [-0.3, -0.25) is 9.69 Å². The topological polar surface area (TPSA) is 93.9 Å². The van der Waals surface area contributed by atoms with Gasteiger partial charge in [-0.15, -0.1) is 0 Å². The fourth-order valence-corrected chi connectivity index (χ4v) is 1.90. The average molecular weight is 279 g/mol. The van der Waals surface area contributed by atoms with Gasteiger partial charge in [0.25, 0.3) is 0 Å². The van der Waals surface area contributed by atoms with E-state index in [9.17, 15) is 9.59 Å². The Kier molecular flexibility index (Phi) is 4.41. The lowest BCUT2D eigenvalue weighted by Gasteiger charge is -2.13.